The maximum atomic E-state index is 6.02. The maximum absolute atomic E-state index is 6.02. The molecular formula is C17H18BrNO. The van der Waals surface area contributed by atoms with Crippen LogP contribution in [0.2, 0.25) is 0 Å². The van der Waals surface area contributed by atoms with Crippen LogP contribution in [0.5, 0.6) is 5.75 Å². The molecule has 3 rings (SSSR count). The Morgan fingerprint density at radius 2 is 1.95 bits per heavy atom. The average Bonchev–Trinajstić information content (AvgIpc) is 2.84. The van der Waals surface area contributed by atoms with E-state index in [9.17, 15) is 0 Å². The zero-order valence-electron chi connectivity index (χ0n) is 11.6. The SMILES string of the molecule is Cc1cc(Br)cc(N)c1OCc1ccc2c(c1)CCC2. The molecule has 0 saturated carbocycles. The van der Waals surface area contributed by atoms with E-state index < -0.39 is 0 Å². The number of hydrogen-bond acceptors (Lipinski definition) is 2. The van der Waals surface area contributed by atoms with Gasteiger partial charge in [0.15, 0.2) is 0 Å². The van der Waals surface area contributed by atoms with Crippen LogP contribution in [0.4, 0.5) is 5.69 Å². The Hall–Kier alpha value is -1.48. The third-order valence-electron chi connectivity index (χ3n) is 3.81. The first-order chi connectivity index (χ1) is 9.63. The predicted octanol–water partition coefficient (Wildman–Crippen LogP) is 4.41. The lowest BCUT2D eigenvalue weighted by atomic mass is 10.1. The van der Waals surface area contributed by atoms with E-state index in [1.54, 1.807) is 0 Å². The Morgan fingerprint density at radius 3 is 2.75 bits per heavy atom. The molecule has 0 amide bonds. The molecule has 0 heterocycles. The standard InChI is InChI=1S/C17H18BrNO/c1-11-7-15(18)9-16(19)17(11)20-10-12-5-6-13-3-2-4-14(13)8-12/h5-9H,2-4,10,19H2,1H3. The van der Waals surface area contributed by atoms with Crippen molar-refractivity contribution in [2.75, 3.05) is 5.73 Å². The molecule has 0 bridgehead atoms. The number of benzene rings is 2. The largest absolute Gasteiger partial charge is 0.486 e. The van der Waals surface area contributed by atoms with Crippen molar-refractivity contribution in [1.82, 2.24) is 0 Å². The summed E-state index contributed by atoms with van der Waals surface area (Å²) in [6, 6.07) is 10.6. The molecule has 0 aliphatic heterocycles. The molecule has 0 spiro atoms. The molecule has 2 N–H and O–H groups in total. The van der Waals surface area contributed by atoms with E-state index in [-0.39, 0.29) is 0 Å². The Kier molecular flexibility index (Phi) is 3.70. The van der Waals surface area contributed by atoms with Crippen molar-refractivity contribution in [3.8, 4) is 5.75 Å². The Labute approximate surface area is 128 Å². The zero-order valence-corrected chi connectivity index (χ0v) is 13.2. The highest BCUT2D eigenvalue weighted by Gasteiger charge is 2.12. The minimum atomic E-state index is 0.569. The summed E-state index contributed by atoms with van der Waals surface area (Å²) in [6.07, 6.45) is 3.69. The van der Waals surface area contributed by atoms with Crippen LogP contribution in [0, 0.1) is 6.92 Å². The highest BCUT2D eigenvalue weighted by molar-refractivity contribution is 9.10. The van der Waals surface area contributed by atoms with Gasteiger partial charge in [0.2, 0.25) is 0 Å². The number of hydrogen-bond donors (Lipinski definition) is 1. The smallest absolute Gasteiger partial charge is 0.145 e. The van der Waals surface area contributed by atoms with E-state index in [2.05, 4.69) is 34.1 Å². The first-order valence-electron chi connectivity index (χ1n) is 6.92. The third kappa shape index (κ3) is 2.68. The molecule has 0 atom stereocenters. The predicted molar refractivity (Wildman–Crippen MR) is 86.1 cm³/mol. The van der Waals surface area contributed by atoms with E-state index in [4.69, 9.17) is 10.5 Å². The van der Waals surface area contributed by atoms with Crippen molar-refractivity contribution >= 4 is 21.6 Å². The zero-order chi connectivity index (χ0) is 14.1. The summed E-state index contributed by atoms with van der Waals surface area (Å²) < 4.78 is 6.91. The molecule has 0 fully saturated rings. The number of ether oxygens (including phenoxy) is 1. The van der Waals surface area contributed by atoms with Crippen molar-refractivity contribution in [1.29, 1.82) is 0 Å². The quantitative estimate of drug-likeness (QED) is 0.845. The summed E-state index contributed by atoms with van der Waals surface area (Å²) in [6.45, 7) is 2.58. The molecule has 104 valence electrons. The summed E-state index contributed by atoms with van der Waals surface area (Å²) in [5.74, 6) is 0.786. The molecule has 0 unspecified atom stereocenters. The van der Waals surface area contributed by atoms with Gasteiger partial charge in [-0.1, -0.05) is 34.1 Å². The monoisotopic (exact) mass is 331 g/mol. The first kappa shape index (κ1) is 13.5. The number of halogens is 1. The number of nitrogens with two attached hydrogens (primary N) is 1. The highest BCUT2D eigenvalue weighted by atomic mass is 79.9. The second-order valence-corrected chi connectivity index (χ2v) is 6.30. The molecule has 0 aromatic heterocycles. The normalized spacial score (nSPS) is 13.3. The average molecular weight is 332 g/mol. The van der Waals surface area contributed by atoms with Gasteiger partial charge < -0.3 is 10.5 Å². The van der Waals surface area contributed by atoms with Crippen molar-refractivity contribution in [2.45, 2.75) is 32.8 Å². The van der Waals surface area contributed by atoms with E-state index in [0.29, 0.717) is 12.3 Å². The van der Waals surface area contributed by atoms with Crippen molar-refractivity contribution < 1.29 is 4.74 Å². The van der Waals surface area contributed by atoms with Gasteiger partial charge in [-0.25, -0.2) is 0 Å². The van der Waals surface area contributed by atoms with Gasteiger partial charge in [-0.3, -0.25) is 0 Å². The van der Waals surface area contributed by atoms with Crippen molar-refractivity contribution in [2.24, 2.45) is 0 Å². The molecule has 2 nitrogen and oxygen atoms in total. The van der Waals surface area contributed by atoms with Gasteiger partial charge in [0, 0.05) is 4.47 Å². The van der Waals surface area contributed by atoms with E-state index >= 15 is 0 Å². The maximum Gasteiger partial charge on any atom is 0.145 e. The fourth-order valence-electron chi connectivity index (χ4n) is 2.82. The fraction of sp³-hybridized carbons (Fsp3) is 0.294. The number of fused-ring (bicyclic) bond motifs is 1. The fourth-order valence-corrected chi connectivity index (χ4v) is 3.41. The van der Waals surface area contributed by atoms with Crippen LogP contribution < -0.4 is 10.5 Å². The Balaban J connectivity index is 1.77. The molecule has 1 aliphatic carbocycles. The van der Waals surface area contributed by atoms with Gasteiger partial charge in [0.05, 0.1) is 5.69 Å². The second kappa shape index (κ2) is 5.49. The van der Waals surface area contributed by atoms with Crippen LogP contribution in [0.3, 0.4) is 0 Å². The molecule has 1 aliphatic rings. The van der Waals surface area contributed by atoms with Gasteiger partial charge in [0.25, 0.3) is 0 Å². The molecule has 2 aromatic carbocycles. The van der Waals surface area contributed by atoms with Gasteiger partial charge in [-0.15, -0.1) is 0 Å². The first-order valence-corrected chi connectivity index (χ1v) is 7.72. The summed E-state index contributed by atoms with van der Waals surface area (Å²) in [5.41, 5.74) is 11.9. The van der Waals surface area contributed by atoms with E-state index in [0.717, 1.165) is 15.8 Å². The Morgan fingerprint density at radius 1 is 1.15 bits per heavy atom. The number of rotatable bonds is 3. The van der Waals surface area contributed by atoms with E-state index in [1.807, 2.05) is 19.1 Å². The summed E-state index contributed by atoms with van der Waals surface area (Å²) >= 11 is 3.44. The highest BCUT2D eigenvalue weighted by Crippen LogP contribution is 2.31. The molecule has 0 radical (unpaired) electrons. The molecule has 20 heavy (non-hydrogen) atoms. The second-order valence-electron chi connectivity index (χ2n) is 5.39. The number of anilines is 1. The molecular weight excluding hydrogens is 314 g/mol. The van der Waals surface area contributed by atoms with Gasteiger partial charge >= 0.3 is 0 Å². The summed E-state index contributed by atoms with van der Waals surface area (Å²) in [4.78, 5) is 0. The number of nitrogen functional groups attached to an aromatic ring is 1. The van der Waals surface area contributed by atoms with Gasteiger partial charge in [0.1, 0.15) is 12.4 Å². The van der Waals surface area contributed by atoms with Crippen LogP contribution in [0.1, 0.15) is 28.7 Å². The molecule has 3 heteroatoms. The van der Waals surface area contributed by atoms with Gasteiger partial charge in [-0.2, -0.15) is 0 Å². The third-order valence-corrected chi connectivity index (χ3v) is 4.27. The lowest BCUT2D eigenvalue weighted by Crippen LogP contribution is -2.01. The van der Waals surface area contributed by atoms with Crippen molar-refractivity contribution in [3.05, 3.63) is 57.1 Å². The lowest BCUT2D eigenvalue weighted by molar-refractivity contribution is 0.305. The Bertz CT molecular complexity index is 628. The minimum absolute atomic E-state index is 0.569. The van der Waals surface area contributed by atoms with Crippen LogP contribution in [0.25, 0.3) is 0 Å². The summed E-state index contributed by atoms with van der Waals surface area (Å²) in [5, 5.41) is 0. The topological polar surface area (TPSA) is 35.2 Å². The van der Waals surface area contributed by atoms with Crippen LogP contribution in [0.15, 0.2) is 34.8 Å². The minimum Gasteiger partial charge on any atom is -0.486 e. The van der Waals surface area contributed by atoms with Crippen LogP contribution >= 0.6 is 15.9 Å². The van der Waals surface area contributed by atoms with Crippen LogP contribution in [-0.4, -0.2) is 0 Å². The van der Waals surface area contributed by atoms with Gasteiger partial charge in [-0.05, 0) is 60.6 Å². The van der Waals surface area contributed by atoms with E-state index in [1.165, 1.54) is 36.0 Å². The molecule has 0 saturated heterocycles. The summed E-state index contributed by atoms with van der Waals surface area (Å²) in [7, 11) is 0. The molecule has 2 aromatic rings. The number of aryl methyl sites for hydroxylation is 3. The van der Waals surface area contributed by atoms with Crippen molar-refractivity contribution in [3.63, 3.8) is 0 Å². The van der Waals surface area contributed by atoms with Crippen LogP contribution in [-0.2, 0) is 19.4 Å². The lowest BCUT2D eigenvalue weighted by Gasteiger charge is -2.13.